The molecule has 2 aliphatic heterocycles. The molecule has 1 aromatic heterocycles. The number of carbonyl (C=O) groups is 1. The molecule has 0 atom stereocenters. The average Bonchev–Trinajstić information content (AvgIpc) is 2.96. The fourth-order valence-corrected chi connectivity index (χ4v) is 5.89. The number of benzene rings is 2. The van der Waals surface area contributed by atoms with Crippen LogP contribution in [0.25, 0.3) is 0 Å². The molecule has 206 valence electrons. The van der Waals surface area contributed by atoms with Crippen molar-refractivity contribution in [2.45, 2.75) is 10.9 Å². The molecule has 0 unspecified atom stereocenters. The van der Waals surface area contributed by atoms with E-state index in [1.807, 2.05) is 48.5 Å². The van der Waals surface area contributed by atoms with Gasteiger partial charge in [-0.1, -0.05) is 53.2 Å². The maximum absolute atomic E-state index is 12.7. The molecule has 3 aromatic rings. The van der Waals surface area contributed by atoms with Gasteiger partial charge >= 0.3 is 0 Å². The first-order valence-electron chi connectivity index (χ1n) is 13.1. The molecule has 8 nitrogen and oxygen atoms in total. The van der Waals surface area contributed by atoms with E-state index in [1.165, 1.54) is 11.8 Å². The third-order valence-electron chi connectivity index (χ3n) is 6.81. The van der Waals surface area contributed by atoms with E-state index in [0.29, 0.717) is 28.2 Å². The number of nitrogens with zero attached hydrogens (tertiary/aromatic N) is 5. The van der Waals surface area contributed by atoms with E-state index in [0.717, 1.165) is 81.1 Å². The number of halogens is 2. The number of amides is 1. The molecule has 2 fully saturated rings. The number of piperazine rings is 1. The number of nitrogens with one attached hydrogen (secondary N) is 1. The first-order valence-corrected chi connectivity index (χ1v) is 14.9. The van der Waals surface area contributed by atoms with Crippen LogP contribution in [-0.2, 0) is 10.5 Å². The second-order valence-corrected chi connectivity index (χ2v) is 11.3. The number of morpholine rings is 1. The van der Waals surface area contributed by atoms with Crippen LogP contribution >= 0.6 is 35.0 Å². The Morgan fingerprint density at radius 2 is 1.69 bits per heavy atom. The number of rotatable bonds is 9. The average molecular weight is 588 g/mol. The van der Waals surface area contributed by atoms with Crippen LogP contribution < -0.4 is 15.1 Å². The molecule has 1 N–H and O–H groups in total. The fraction of sp³-hybridized carbons (Fsp3) is 0.393. The summed E-state index contributed by atoms with van der Waals surface area (Å²) < 4.78 is 5.38. The van der Waals surface area contributed by atoms with E-state index in [-0.39, 0.29) is 5.91 Å². The van der Waals surface area contributed by atoms with Crippen LogP contribution in [0.5, 0.6) is 0 Å². The molecule has 0 spiro atoms. The molecular weight excluding hydrogens is 555 g/mol. The topological polar surface area (TPSA) is 73.8 Å². The van der Waals surface area contributed by atoms with E-state index >= 15 is 0 Å². The molecule has 2 aliphatic rings. The monoisotopic (exact) mass is 586 g/mol. The molecular formula is C28H32Cl2N6O2S. The van der Waals surface area contributed by atoms with Gasteiger partial charge in [-0.05, 0) is 35.9 Å². The van der Waals surface area contributed by atoms with E-state index in [2.05, 4.69) is 31.1 Å². The minimum absolute atomic E-state index is 0.0617. The first kappa shape index (κ1) is 28.0. The number of carbonyl (C=O) groups excluding carboxylic acids is 1. The van der Waals surface area contributed by atoms with Crippen molar-refractivity contribution in [2.24, 2.45) is 0 Å². The van der Waals surface area contributed by atoms with Crippen LogP contribution in [0.3, 0.4) is 0 Å². The minimum Gasteiger partial charge on any atom is -0.379 e. The zero-order valence-corrected chi connectivity index (χ0v) is 24.0. The van der Waals surface area contributed by atoms with Gasteiger partial charge < -0.3 is 19.9 Å². The second-order valence-electron chi connectivity index (χ2n) is 9.48. The van der Waals surface area contributed by atoms with Gasteiger partial charge in [-0.3, -0.25) is 9.69 Å². The second kappa shape index (κ2) is 13.7. The maximum Gasteiger partial charge on any atom is 0.251 e. The SMILES string of the molecule is O=C(NCCN1CCOCC1)c1cccc(CSc2nc(Cl)cc(N3CCN(c4cccc(Cl)c4)CC3)n2)c1. The third-order valence-corrected chi connectivity index (χ3v) is 8.16. The molecule has 1 amide bonds. The highest BCUT2D eigenvalue weighted by molar-refractivity contribution is 7.98. The number of ether oxygens (including phenoxy) is 1. The lowest BCUT2D eigenvalue weighted by molar-refractivity contribution is 0.0383. The Morgan fingerprint density at radius 3 is 2.49 bits per heavy atom. The van der Waals surface area contributed by atoms with Crippen molar-refractivity contribution in [3.05, 3.63) is 75.9 Å². The smallest absolute Gasteiger partial charge is 0.251 e. The lowest BCUT2D eigenvalue weighted by Crippen LogP contribution is -2.46. The van der Waals surface area contributed by atoms with Crippen molar-refractivity contribution in [1.82, 2.24) is 20.2 Å². The molecule has 5 rings (SSSR count). The molecule has 2 saturated heterocycles. The summed E-state index contributed by atoms with van der Waals surface area (Å²) in [6.45, 7) is 8.16. The summed E-state index contributed by atoms with van der Waals surface area (Å²) in [6, 6.07) is 17.5. The van der Waals surface area contributed by atoms with Gasteiger partial charge in [-0.25, -0.2) is 9.97 Å². The number of aromatic nitrogens is 2. The van der Waals surface area contributed by atoms with Crippen LogP contribution in [0.2, 0.25) is 10.2 Å². The highest BCUT2D eigenvalue weighted by atomic mass is 35.5. The Kier molecular flexibility index (Phi) is 9.81. The van der Waals surface area contributed by atoms with Gasteiger partial charge in [0.2, 0.25) is 0 Å². The Morgan fingerprint density at radius 1 is 0.923 bits per heavy atom. The minimum atomic E-state index is -0.0617. The van der Waals surface area contributed by atoms with Crippen LogP contribution in [0.15, 0.2) is 59.8 Å². The number of hydrogen-bond donors (Lipinski definition) is 1. The normalized spacial score (nSPS) is 16.4. The van der Waals surface area contributed by atoms with Gasteiger partial charge in [-0.2, -0.15) is 0 Å². The van der Waals surface area contributed by atoms with Crippen molar-refractivity contribution in [2.75, 3.05) is 75.4 Å². The zero-order chi connectivity index (χ0) is 27.0. The Balaban J connectivity index is 1.14. The predicted octanol–water partition coefficient (Wildman–Crippen LogP) is 4.46. The summed E-state index contributed by atoms with van der Waals surface area (Å²) >= 11 is 14.1. The molecule has 11 heteroatoms. The molecule has 39 heavy (non-hydrogen) atoms. The van der Waals surface area contributed by atoms with Crippen molar-refractivity contribution in [1.29, 1.82) is 0 Å². The van der Waals surface area contributed by atoms with Crippen molar-refractivity contribution in [3.8, 4) is 0 Å². The Labute approximate surface area is 243 Å². The summed E-state index contributed by atoms with van der Waals surface area (Å²) in [5, 5.41) is 4.82. The van der Waals surface area contributed by atoms with Crippen LogP contribution in [0.1, 0.15) is 15.9 Å². The van der Waals surface area contributed by atoms with E-state index in [9.17, 15) is 4.79 Å². The summed E-state index contributed by atoms with van der Waals surface area (Å²) in [6.07, 6.45) is 0. The van der Waals surface area contributed by atoms with Gasteiger partial charge in [0.1, 0.15) is 11.0 Å². The lowest BCUT2D eigenvalue weighted by atomic mass is 10.1. The van der Waals surface area contributed by atoms with E-state index in [4.69, 9.17) is 32.9 Å². The van der Waals surface area contributed by atoms with Crippen molar-refractivity contribution in [3.63, 3.8) is 0 Å². The standard InChI is InChI=1S/C28H32Cl2N6O2S/c29-23-5-2-6-24(18-23)35-9-11-36(12-10-35)26-19-25(30)32-28(33-26)39-20-21-3-1-4-22(17-21)27(37)31-7-8-34-13-15-38-16-14-34/h1-6,17-19H,7-16,20H2,(H,31,37). The van der Waals surface area contributed by atoms with E-state index in [1.54, 1.807) is 0 Å². The number of hydrogen-bond acceptors (Lipinski definition) is 8. The lowest BCUT2D eigenvalue weighted by Gasteiger charge is -2.36. The van der Waals surface area contributed by atoms with Crippen molar-refractivity contribution >= 4 is 52.4 Å². The van der Waals surface area contributed by atoms with Gasteiger partial charge in [0, 0.05) is 80.5 Å². The first-order chi connectivity index (χ1) is 19.0. The molecule has 0 aliphatic carbocycles. The summed E-state index contributed by atoms with van der Waals surface area (Å²) in [7, 11) is 0. The molecule has 3 heterocycles. The number of thioether (sulfide) groups is 1. The van der Waals surface area contributed by atoms with Crippen LogP contribution in [0, 0.1) is 0 Å². The van der Waals surface area contributed by atoms with Gasteiger partial charge in [0.05, 0.1) is 13.2 Å². The van der Waals surface area contributed by atoms with Crippen LogP contribution in [0.4, 0.5) is 11.5 Å². The number of anilines is 2. The summed E-state index contributed by atoms with van der Waals surface area (Å²) in [4.78, 5) is 28.8. The molecule has 2 aromatic carbocycles. The molecule has 0 saturated carbocycles. The molecule has 0 radical (unpaired) electrons. The van der Waals surface area contributed by atoms with Crippen molar-refractivity contribution < 1.29 is 9.53 Å². The van der Waals surface area contributed by atoms with Crippen LogP contribution in [-0.4, -0.2) is 86.3 Å². The third kappa shape index (κ3) is 7.99. The summed E-state index contributed by atoms with van der Waals surface area (Å²) in [5.74, 6) is 1.40. The fourth-order valence-electron chi connectivity index (χ4n) is 4.68. The van der Waals surface area contributed by atoms with E-state index < -0.39 is 0 Å². The molecule has 0 bridgehead atoms. The Bertz CT molecular complexity index is 1270. The predicted molar refractivity (Wildman–Crippen MR) is 159 cm³/mol. The highest BCUT2D eigenvalue weighted by Crippen LogP contribution is 2.27. The van der Waals surface area contributed by atoms with Gasteiger partial charge in [-0.15, -0.1) is 0 Å². The zero-order valence-electron chi connectivity index (χ0n) is 21.7. The van der Waals surface area contributed by atoms with Gasteiger partial charge in [0.25, 0.3) is 5.91 Å². The maximum atomic E-state index is 12.7. The quantitative estimate of drug-likeness (QED) is 0.224. The summed E-state index contributed by atoms with van der Waals surface area (Å²) in [5.41, 5.74) is 2.81. The highest BCUT2D eigenvalue weighted by Gasteiger charge is 2.20. The largest absolute Gasteiger partial charge is 0.379 e. The van der Waals surface area contributed by atoms with Gasteiger partial charge in [0.15, 0.2) is 5.16 Å². The Hall–Kier alpha value is -2.56.